The van der Waals surface area contributed by atoms with E-state index in [1.807, 2.05) is 43.9 Å². The third-order valence-electron chi connectivity index (χ3n) is 7.47. The van der Waals surface area contributed by atoms with Crippen molar-refractivity contribution in [1.29, 1.82) is 10.5 Å². The smallest absolute Gasteiger partial charge is 0.405 e. The fraction of sp³-hybridized carbons (Fsp3) is 0.484. The molecule has 2 aliphatic rings. The van der Waals surface area contributed by atoms with Crippen molar-refractivity contribution in [2.24, 2.45) is 16.9 Å². The van der Waals surface area contributed by atoms with E-state index in [9.17, 15) is 24.9 Å². The minimum Gasteiger partial charge on any atom is -0.436 e. The summed E-state index contributed by atoms with van der Waals surface area (Å²) in [6, 6.07) is 13.5. The van der Waals surface area contributed by atoms with Crippen LogP contribution < -0.4 is 21.7 Å². The normalized spacial score (nSPS) is 16.8. The maximum atomic E-state index is 13.0. The fourth-order valence-corrected chi connectivity index (χ4v) is 6.37. The second-order valence-electron chi connectivity index (χ2n) is 12.2. The van der Waals surface area contributed by atoms with E-state index in [1.54, 1.807) is 12.1 Å². The van der Waals surface area contributed by atoms with Crippen LogP contribution >= 0.6 is 11.8 Å². The van der Waals surface area contributed by atoms with Gasteiger partial charge in [-0.15, -0.1) is 0 Å². The Morgan fingerprint density at radius 3 is 2.21 bits per heavy atom. The third-order valence-corrected chi connectivity index (χ3v) is 8.73. The zero-order valence-electron chi connectivity index (χ0n) is 24.6. The molecule has 2 atom stereocenters. The number of amides is 3. The molecular weight excluding hydrogens is 566 g/mol. The van der Waals surface area contributed by atoms with Gasteiger partial charge < -0.3 is 26.4 Å². The number of aromatic nitrogens is 1. The molecule has 0 bridgehead atoms. The minimum absolute atomic E-state index is 0.0796. The van der Waals surface area contributed by atoms with Crippen LogP contribution in [0.2, 0.25) is 0 Å². The molecule has 43 heavy (non-hydrogen) atoms. The first-order valence-corrected chi connectivity index (χ1v) is 15.2. The molecule has 1 aliphatic heterocycles. The molecule has 12 heteroatoms. The molecular formula is C31H37N7O4S. The van der Waals surface area contributed by atoms with Gasteiger partial charge in [-0.25, -0.2) is 9.78 Å². The van der Waals surface area contributed by atoms with E-state index in [0.717, 1.165) is 24.6 Å². The molecule has 1 saturated heterocycles. The summed E-state index contributed by atoms with van der Waals surface area (Å²) in [4.78, 5) is 43.8. The zero-order chi connectivity index (χ0) is 31.3. The van der Waals surface area contributed by atoms with E-state index < -0.39 is 29.3 Å². The lowest BCUT2D eigenvalue weighted by molar-refractivity contribution is -0.131. The number of thioether (sulfide) groups is 1. The number of hydrogen-bond donors (Lipinski definition) is 3. The van der Waals surface area contributed by atoms with E-state index in [-0.39, 0.29) is 17.4 Å². The van der Waals surface area contributed by atoms with Crippen LogP contribution in [0.3, 0.4) is 0 Å². The lowest BCUT2D eigenvalue weighted by Crippen LogP contribution is -2.49. The van der Waals surface area contributed by atoms with Crippen molar-refractivity contribution in [3.63, 3.8) is 0 Å². The highest BCUT2D eigenvalue weighted by Crippen LogP contribution is 2.48. The van der Waals surface area contributed by atoms with Crippen molar-refractivity contribution in [1.82, 2.24) is 10.3 Å². The van der Waals surface area contributed by atoms with Gasteiger partial charge in [0.05, 0.1) is 11.1 Å². The van der Waals surface area contributed by atoms with Gasteiger partial charge in [0.15, 0.2) is 6.10 Å². The number of nitriles is 2. The Hall–Kier alpha value is -4.29. The molecule has 1 aromatic heterocycles. The predicted octanol–water partition coefficient (Wildman–Crippen LogP) is 4.01. The van der Waals surface area contributed by atoms with Crippen molar-refractivity contribution < 1.29 is 19.1 Å². The first-order valence-electron chi connectivity index (χ1n) is 14.3. The van der Waals surface area contributed by atoms with Gasteiger partial charge in [-0.3, -0.25) is 9.59 Å². The first kappa shape index (κ1) is 31.6. The maximum absolute atomic E-state index is 13.0. The summed E-state index contributed by atoms with van der Waals surface area (Å²) in [6.45, 7) is 6.82. The van der Waals surface area contributed by atoms with E-state index in [0.29, 0.717) is 65.4 Å². The number of piperidine rings is 1. The van der Waals surface area contributed by atoms with Crippen LogP contribution in [-0.2, 0) is 14.3 Å². The molecule has 1 aromatic carbocycles. The lowest BCUT2D eigenvalue weighted by Gasteiger charge is -2.35. The summed E-state index contributed by atoms with van der Waals surface area (Å²) in [5, 5.41) is 23.0. The van der Waals surface area contributed by atoms with Crippen molar-refractivity contribution >= 4 is 35.5 Å². The predicted molar refractivity (Wildman–Crippen MR) is 162 cm³/mol. The standard InChI is InChI=1S/C31H37N7O4S/c1-31(2,3)15-23(42-30(35)41)28(40)36-20-11-13-38(14-12-20)27-21(16-32)24(18-9-10-18)22(17-33)29(37-27)43-25(26(34)39)19-7-5-4-6-8-19/h4-8,18,20,23,25H,9-15H2,1-3H3,(H2,34,39)(H2,35,41)(H,36,40)/t23-,25-/m1/s1. The second kappa shape index (κ2) is 13.3. The summed E-state index contributed by atoms with van der Waals surface area (Å²) < 4.78 is 5.12. The van der Waals surface area contributed by atoms with Gasteiger partial charge in [-0.1, -0.05) is 62.9 Å². The molecule has 11 nitrogen and oxygen atoms in total. The lowest BCUT2D eigenvalue weighted by atomic mass is 9.88. The van der Waals surface area contributed by atoms with E-state index >= 15 is 0 Å². The highest BCUT2D eigenvalue weighted by molar-refractivity contribution is 8.00. The van der Waals surface area contributed by atoms with Crippen molar-refractivity contribution in [2.75, 3.05) is 18.0 Å². The molecule has 1 aliphatic carbocycles. The van der Waals surface area contributed by atoms with Crippen LogP contribution in [0.5, 0.6) is 0 Å². The molecule has 5 N–H and O–H groups in total. The summed E-state index contributed by atoms with van der Waals surface area (Å²) in [7, 11) is 0. The van der Waals surface area contributed by atoms with Gasteiger partial charge in [-0.2, -0.15) is 10.5 Å². The highest BCUT2D eigenvalue weighted by atomic mass is 32.2. The molecule has 2 heterocycles. The number of benzene rings is 1. The molecule has 0 radical (unpaired) electrons. The number of ether oxygens (including phenoxy) is 1. The molecule has 0 unspecified atom stereocenters. The van der Waals surface area contributed by atoms with Gasteiger partial charge in [-0.05, 0) is 54.6 Å². The van der Waals surface area contributed by atoms with Crippen LogP contribution in [0.4, 0.5) is 10.6 Å². The number of anilines is 1. The number of carbonyl (C=O) groups excluding carboxylic acids is 3. The van der Waals surface area contributed by atoms with E-state index in [4.69, 9.17) is 21.2 Å². The van der Waals surface area contributed by atoms with Gasteiger partial charge in [0.25, 0.3) is 5.91 Å². The molecule has 226 valence electrons. The van der Waals surface area contributed by atoms with Crippen LogP contribution in [0.1, 0.15) is 86.3 Å². The fourth-order valence-electron chi connectivity index (χ4n) is 5.33. The Balaban J connectivity index is 1.58. The number of pyridine rings is 1. The Bertz CT molecular complexity index is 1450. The van der Waals surface area contributed by atoms with Crippen LogP contribution in [0.15, 0.2) is 35.4 Å². The van der Waals surface area contributed by atoms with Crippen molar-refractivity contribution in [3.8, 4) is 12.1 Å². The van der Waals surface area contributed by atoms with Gasteiger partial charge in [0.2, 0.25) is 5.91 Å². The average Bonchev–Trinajstić information content (AvgIpc) is 3.80. The number of hydrogen-bond acceptors (Lipinski definition) is 9. The largest absolute Gasteiger partial charge is 0.436 e. The maximum Gasteiger partial charge on any atom is 0.405 e. The van der Waals surface area contributed by atoms with Crippen LogP contribution in [0, 0.1) is 28.1 Å². The van der Waals surface area contributed by atoms with Gasteiger partial charge >= 0.3 is 6.09 Å². The Labute approximate surface area is 255 Å². The molecule has 2 fully saturated rings. The van der Waals surface area contributed by atoms with E-state index in [1.165, 1.54) is 0 Å². The number of carbonyl (C=O) groups is 3. The number of nitrogens with two attached hydrogens (primary N) is 2. The minimum atomic E-state index is -0.999. The quantitative estimate of drug-likeness (QED) is 0.337. The first-order chi connectivity index (χ1) is 20.4. The summed E-state index contributed by atoms with van der Waals surface area (Å²) in [6.07, 6.45) is 1.18. The molecule has 2 aromatic rings. The number of primary amides is 2. The number of nitrogens with zero attached hydrogens (tertiary/aromatic N) is 4. The SMILES string of the molecule is CC(C)(C)C[C@@H](OC(N)=O)C(=O)NC1CCN(c2nc(S[C@@H](C(N)=O)c3ccccc3)c(C#N)c(C3CC3)c2C#N)CC1. The summed E-state index contributed by atoms with van der Waals surface area (Å²) in [5.41, 5.74) is 12.8. The highest BCUT2D eigenvalue weighted by Gasteiger charge is 2.36. The zero-order valence-corrected chi connectivity index (χ0v) is 25.4. The van der Waals surface area contributed by atoms with Gasteiger partial charge in [0.1, 0.15) is 28.2 Å². The summed E-state index contributed by atoms with van der Waals surface area (Å²) >= 11 is 1.13. The molecule has 3 amide bonds. The topological polar surface area (TPSA) is 188 Å². The van der Waals surface area contributed by atoms with Crippen molar-refractivity contribution in [3.05, 3.63) is 52.6 Å². The molecule has 4 rings (SSSR count). The second-order valence-corrected chi connectivity index (χ2v) is 13.3. The Morgan fingerprint density at radius 1 is 1.07 bits per heavy atom. The van der Waals surface area contributed by atoms with E-state index in [2.05, 4.69) is 17.5 Å². The number of rotatable bonds is 10. The Kier molecular flexibility index (Phi) is 9.82. The Morgan fingerprint density at radius 2 is 1.70 bits per heavy atom. The number of nitrogens with one attached hydrogen (secondary N) is 1. The summed E-state index contributed by atoms with van der Waals surface area (Å²) in [5.74, 6) is -0.400. The van der Waals surface area contributed by atoms with Crippen LogP contribution in [-0.4, -0.2) is 48.1 Å². The van der Waals surface area contributed by atoms with Crippen LogP contribution in [0.25, 0.3) is 0 Å². The molecule has 0 spiro atoms. The average molecular weight is 604 g/mol. The molecule has 1 saturated carbocycles. The van der Waals surface area contributed by atoms with Crippen molar-refractivity contribution in [2.45, 2.75) is 81.2 Å². The monoisotopic (exact) mass is 603 g/mol. The third kappa shape index (κ3) is 7.96. The van der Waals surface area contributed by atoms with Gasteiger partial charge in [0, 0.05) is 19.1 Å².